The second-order valence-electron chi connectivity index (χ2n) is 8.10. The molecular formula is C22H23ClF5N4OPS. The Balaban J connectivity index is 0.00000342. The minimum Gasteiger partial charge on any atom is -0.335 e. The molecule has 2 aromatic rings. The van der Waals surface area contributed by atoms with E-state index in [1.54, 1.807) is 12.2 Å². The number of imidazole rings is 1. The molecule has 1 aromatic carbocycles. The minimum absolute atomic E-state index is 0. The quantitative estimate of drug-likeness (QED) is 0.449. The molecule has 2 aliphatic heterocycles. The Labute approximate surface area is 211 Å². The SMILES string of the molecule is Cl.NC(CC(=O)N1CCn2c(C(F)(F)F)nc(C3=CC=CCS3)c2C1)Cc1cc(P)c(F)cc1F. The van der Waals surface area contributed by atoms with Gasteiger partial charge in [0.25, 0.3) is 0 Å². The summed E-state index contributed by atoms with van der Waals surface area (Å²) in [5, 5.41) is 0.192. The van der Waals surface area contributed by atoms with Gasteiger partial charge in [-0.25, -0.2) is 13.8 Å². The highest BCUT2D eigenvalue weighted by Crippen LogP contribution is 2.38. The van der Waals surface area contributed by atoms with Crippen LogP contribution in [0.3, 0.4) is 0 Å². The molecule has 13 heteroatoms. The van der Waals surface area contributed by atoms with Crippen LogP contribution in [0, 0.1) is 11.6 Å². The molecule has 0 bridgehead atoms. The summed E-state index contributed by atoms with van der Waals surface area (Å²) < 4.78 is 69.5. The van der Waals surface area contributed by atoms with Gasteiger partial charge in [-0.05, 0) is 24.1 Å². The Kier molecular flexibility index (Phi) is 8.68. The van der Waals surface area contributed by atoms with E-state index in [2.05, 4.69) is 14.2 Å². The van der Waals surface area contributed by atoms with Crippen LogP contribution < -0.4 is 11.0 Å². The molecule has 190 valence electrons. The lowest BCUT2D eigenvalue weighted by atomic mass is 10.0. The summed E-state index contributed by atoms with van der Waals surface area (Å²) in [7, 11) is 2.17. The summed E-state index contributed by atoms with van der Waals surface area (Å²) >= 11 is 1.38. The van der Waals surface area contributed by atoms with E-state index in [0.717, 1.165) is 10.6 Å². The fraction of sp³-hybridized carbons (Fsp3) is 0.364. The van der Waals surface area contributed by atoms with Gasteiger partial charge >= 0.3 is 6.18 Å². The van der Waals surface area contributed by atoms with Gasteiger partial charge in [0.2, 0.25) is 11.7 Å². The fourth-order valence-electron chi connectivity index (χ4n) is 4.02. The third-order valence-corrected chi connectivity index (χ3v) is 7.09. The molecule has 2 aliphatic rings. The first kappa shape index (κ1) is 27.6. The molecule has 0 saturated carbocycles. The number of carbonyl (C=O) groups excluding carboxylic acids is 1. The van der Waals surface area contributed by atoms with Gasteiger partial charge in [-0.15, -0.1) is 33.4 Å². The maximum Gasteiger partial charge on any atom is 0.449 e. The molecule has 2 N–H and O–H groups in total. The van der Waals surface area contributed by atoms with Crippen LogP contribution in [0.5, 0.6) is 0 Å². The van der Waals surface area contributed by atoms with Crippen LogP contribution in [0.4, 0.5) is 22.0 Å². The summed E-state index contributed by atoms with van der Waals surface area (Å²) in [6, 6.07) is 1.36. The molecular weight excluding hydrogens is 530 g/mol. The Morgan fingerprint density at radius 1 is 1.23 bits per heavy atom. The average Bonchev–Trinajstić information content (AvgIpc) is 3.17. The predicted octanol–water partition coefficient (Wildman–Crippen LogP) is 4.05. The summed E-state index contributed by atoms with van der Waals surface area (Å²) in [5.74, 6) is -2.15. The summed E-state index contributed by atoms with van der Waals surface area (Å²) in [5.41, 5.74) is 6.81. The molecule has 2 atom stereocenters. The van der Waals surface area contributed by atoms with Crippen molar-refractivity contribution in [1.82, 2.24) is 14.5 Å². The number of nitrogens with zero attached hydrogens (tertiary/aromatic N) is 3. The van der Waals surface area contributed by atoms with Crippen molar-refractivity contribution in [2.24, 2.45) is 5.73 Å². The number of rotatable bonds is 5. The van der Waals surface area contributed by atoms with Gasteiger partial charge in [-0.3, -0.25) is 4.79 Å². The third-order valence-electron chi connectivity index (χ3n) is 5.65. The molecule has 0 fully saturated rings. The zero-order valence-electron chi connectivity index (χ0n) is 18.3. The fourth-order valence-corrected chi connectivity index (χ4v) is 5.16. The van der Waals surface area contributed by atoms with Gasteiger partial charge in [0.1, 0.15) is 17.3 Å². The van der Waals surface area contributed by atoms with Crippen molar-refractivity contribution in [2.75, 3.05) is 12.3 Å². The van der Waals surface area contributed by atoms with Crippen LogP contribution in [0.1, 0.15) is 29.2 Å². The van der Waals surface area contributed by atoms with E-state index in [1.807, 2.05) is 6.08 Å². The van der Waals surface area contributed by atoms with E-state index in [0.29, 0.717) is 16.4 Å². The van der Waals surface area contributed by atoms with Crippen LogP contribution in [-0.4, -0.2) is 38.7 Å². The standard InChI is InChI=1S/C22H22F5N4OPS.ClH/c23-14-10-15(24)17(33)8-12(14)7-13(28)9-19(32)30-4-5-31-16(11-30)20(18-3-1-2-6-34-18)29-21(31)22(25,26)27;/h1-3,8,10,13H,4-7,9,11,28,33H2;1H. The van der Waals surface area contributed by atoms with Crippen molar-refractivity contribution in [2.45, 2.75) is 38.1 Å². The Morgan fingerprint density at radius 2 is 1.97 bits per heavy atom. The number of thioether (sulfide) groups is 1. The van der Waals surface area contributed by atoms with Gasteiger partial charge in [-0.2, -0.15) is 13.2 Å². The van der Waals surface area contributed by atoms with E-state index in [1.165, 1.54) is 22.7 Å². The van der Waals surface area contributed by atoms with Crippen molar-refractivity contribution >= 4 is 49.5 Å². The molecule has 0 radical (unpaired) electrons. The first-order valence-corrected chi connectivity index (χ1v) is 12.0. The number of fused-ring (bicyclic) bond motifs is 1. The summed E-state index contributed by atoms with van der Waals surface area (Å²) in [4.78, 5) is 18.9. The molecule has 4 rings (SSSR count). The van der Waals surface area contributed by atoms with Gasteiger partial charge in [0.05, 0.1) is 12.2 Å². The van der Waals surface area contributed by atoms with Crippen LogP contribution in [0.25, 0.3) is 4.91 Å². The number of carbonyl (C=O) groups is 1. The maximum atomic E-state index is 14.1. The molecule has 5 nitrogen and oxygen atoms in total. The largest absolute Gasteiger partial charge is 0.449 e. The lowest BCUT2D eigenvalue weighted by molar-refractivity contribution is -0.148. The van der Waals surface area contributed by atoms with Crippen molar-refractivity contribution < 1.29 is 26.7 Å². The van der Waals surface area contributed by atoms with Gasteiger partial charge in [0, 0.05) is 47.6 Å². The Morgan fingerprint density at radius 3 is 2.63 bits per heavy atom. The van der Waals surface area contributed by atoms with Crippen LogP contribution in [0.15, 0.2) is 30.4 Å². The van der Waals surface area contributed by atoms with Gasteiger partial charge < -0.3 is 15.2 Å². The number of alkyl halides is 3. The van der Waals surface area contributed by atoms with Gasteiger partial charge in [0.15, 0.2) is 0 Å². The smallest absolute Gasteiger partial charge is 0.335 e. The number of hydrogen-bond donors (Lipinski definition) is 1. The monoisotopic (exact) mass is 552 g/mol. The minimum atomic E-state index is -4.62. The zero-order chi connectivity index (χ0) is 24.6. The molecule has 0 saturated heterocycles. The second-order valence-corrected chi connectivity index (χ2v) is 9.78. The van der Waals surface area contributed by atoms with E-state index >= 15 is 0 Å². The summed E-state index contributed by atoms with van der Waals surface area (Å²) in [6.07, 6.45) is 0.648. The van der Waals surface area contributed by atoms with Crippen LogP contribution >= 0.6 is 33.4 Å². The van der Waals surface area contributed by atoms with E-state index in [-0.39, 0.29) is 67.4 Å². The molecule has 0 aliphatic carbocycles. The Hall–Kier alpha value is -1.94. The predicted molar refractivity (Wildman–Crippen MR) is 131 cm³/mol. The van der Waals surface area contributed by atoms with Crippen molar-refractivity contribution in [3.05, 3.63) is 64.8 Å². The Bertz CT molecular complexity index is 1180. The normalized spacial score (nSPS) is 16.4. The second kappa shape index (κ2) is 11.0. The molecule has 35 heavy (non-hydrogen) atoms. The third kappa shape index (κ3) is 6.07. The van der Waals surface area contributed by atoms with Gasteiger partial charge in [-0.1, -0.05) is 12.2 Å². The molecule has 2 unspecified atom stereocenters. The number of hydrogen-bond acceptors (Lipinski definition) is 4. The van der Waals surface area contributed by atoms with E-state index < -0.39 is 29.7 Å². The first-order chi connectivity index (χ1) is 16.0. The van der Waals surface area contributed by atoms with Crippen LogP contribution in [-0.2, 0) is 30.5 Å². The summed E-state index contributed by atoms with van der Waals surface area (Å²) in [6.45, 7) is -0.00856. The molecule has 0 spiro atoms. The lowest BCUT2D eigenvalue weighted by Crippen LogP contribution is -2.42. The number of aromatic nitrogens is 2. The van der Waals surface area contributed by atoms with Crippen molar-refractivity contribution in [1.29, 1.82) is 0 Å². The molecule has 1 amide bonds. The van der Waals surface area contributed by atoms with Crippen LogP contribution in [0.2, 0.25) is 0 Å². The number of allylic oxidation sites excluding steroid dienone is 2. The maximum absolute atomic E-state index is 14.1. The average molecular weight is 553 g/mol. The zero-order valence-corrected chi connectivity index (χ0v) is 21.1. The van der Waals surface area contributed by atoms with Crippen molar-refractivity contribution in [3.63, 3.8) is 0 Å². The topological polar surface area (TPSA) is 64.2 Å². The van der Waals surface area contributed by atoms with E-state index in [9.17, 15) is 26.7 Å². The molecule has 3 heterocycles. The number of nitrogens with two attached hydrogens (primary N) is 1. The number of halogens is 6. The highest BCUT2D eigenvalue weighted by molar-refractivity contribution is 8.08. The molecule has 1 aromatic heterocycles. The van der Waals surface area contributed by atoms with Crippen molar-refractivity contribution in [3.8, 4) is 0 Å². The lowest BCUT2D eigenvalue weighted by Gasteiger charge is -2.30. The highest BCUT2D eigenvalue weighted by atomic mass is 35.5. The number of benzene rings is 1. The van der Waals surface area contributed by atoms with E-state index in [4.69, 9.17) is 5.73 Å². The highest BCUT2D eigenvalue weighted by Gasteiger charge is 2.41. The first-order valence-electron chi connectivity index (χ1n) is 10.5. The number of amides is 1.